The number of pyridine rings is 1. The molecule has 2 saturated heterocycles. The van der Waals surface area contributed by atoms with Crippen LogP contribution in [0.15, 0.2) is 48.8 Å². The number of rotatable bonds is 7. The van der Waals surface area contributed by atoms with E-state index >= 15 is 0 Å². The molecule has 0 bridgehead atoms. The van der Waals surface area contributed by atoms with E-state index < -0.39 is 0 Å². The maximum atomic E-state index is 4.10. The topological polar surface area (TPSA) is 34.6 Å². The molecule has 3 heterocycles. The van der Waals surface area contributed by atoms with Crippen LogP contribution in [-0.2, 0) is 6.54 Å². The highest BCUT2D eigenvalue weighted by atomic mass is 15.2. The van der Waals surface area contributed by atoms with E-state index in [1.807, 2.05) is 24.5 Å². The van der Waals surface area contributed by atoms with Gasteiger partial charge in [0, 0.05) is 43.4 Å². The molecule has 0 amide bonds. The van der Waals surface area contributed by atoms with Crippen molar-refractivity contribution in [1.29, 1.82) is 0 Å². The van der Waals surface area contributed by atoms with Crippen LogP contribution in [0, 0.1) is 5.92 Å². The lowest BCUT2D eigenvalue weighted by molar-refractivity contribution is 0.0853. The van der Waals surface area contributed by atoms with Gasteiger partial charge in [0.15, 0.2) is 0 Å². The van der Waals surface area contributed by atoms with Crippen molar-refractivity contribution in [2.75, 3.05) is 51.7 Å². The van der Waals surface area contributed by atoms with E-state index in [9.17, 15) is 0 Å². The molecule has 0 unspecified atom stereocenters. The Bertz CT molecular complexity index is 747. The average molecular weight is 408 g/mol. The van der Waals surface area contributed by atoms with Crippen LogP contribution in [0.3, 0.4) is 0 Å². The highest BCUT2D eigenvalue weighted by molar-refractivity contribution is 5.61. The minimum absolute atomic E-state index is 0.824. The second-order valence-electron chi connectivity index (χ2n) is 9.08. The van der Waals surface area contributed by atoms with E-state index in [2.05, 4.69) is 63.4 Å². The van der Waals surface area contributed by atoms with E-state index in [0.29, 0.717) is 0 Å². The van der Waals surface area contributed by atoms with E-state index in [-0.39, 0.29) is 0 Å². The minimum Gasteiger partial charge on any atom is -0.345 e. The summed E-state index contributed by atoms with van der Waals surface area (Å²) in [7, 11) is 4.35. The molecular formula is C25H37N5. The van der Waals surface area contributed by atoms with Gasteiger partial charge in [-0.2, -0.15) is 0 Å². The van der Waals surface area contributed by atoms with Gasteiger partial charge in [-0.3, -0.25) is 4.98 Å². The predicted molar refractivity (Wildman–Crippen MR) is 125 cm³/mol. The lowest BCUT2D eigenvalue weighted by Crippen LogP contribution is -2.47. The lowest BCUT2D eigenvalue weighted by atomic mass is 9.93. The molecule has 0 aliphatic carbocycles. The first-order valence-electron chi connectivity index (χ1n) is 11.5. The summed E-state index contributed by atoms with van der Waals surface area (Å²) in [6, 6.07) is 13.8. The Kier molecular flexibility index (Phi) is 7.37. The largest absolute Gasteiger partial charge is 0.345 e. The maximum absolute atomic E-state index is 4.10. The van der Waals surface area contributed by atoms with Crippen LogP contribution in [0.5, 0.6) is 0 Å². The molecule has 1 aromatic carbocycles. The van der Waals surface area contributed by atoms with Gasteiger partial charge >= 0.3 is 0 Å². The molecule has 1 aromatic heterocycles. The van der Waals surface area contributed by atoms with Crippen molar-refractivity contribution in [1.82, 2.24) is 20.1 Å². The van der Waals surface area contributed by atoms with Crippen LogP contribution >= 0.6 is 0 Å². The van der Waals surface area contributed by atoms with Crippen LogP contribution in [-0.4, -0.2) is 67.6 Å². The fourth-order valence-electron chi connectivity index (χ4n) is 4.86. The summed E-state index contributed by atoms with van der Waals surface area (Å²) in [5.74, 6) is 0.824. The molecule has 2 aromatic rings. The Hall–Kier alpha value is -1.95. The Morgan fingerprint density at radius 2 is 1.53 bits per heavy atom. The third-order valence-electron chi connectivity index (χ3n) is 6.99. The third kappa shape index (κ3) is 5.60. The summed E-state index contributed by atoms with van der Waals surface area (Å²) in [4.78, 5) is 11.5. The number of nitrogens with one attached hydrogen (secondary N) is 1. The first kappa shape index (κ1) is 21.3. The fourth-order valence-corrected chi connectivity index (χ4v) is 4.86. The molecule has 0 saturated carbocycles. The quantitative estimate of drug-likeness (QED) is 0.756. The highest BCUT2D eigenvalue weighted by Crippen LogP contribution is 2.24. The van der Waals surface area contributed by atoms with Crippen LogP contribution in [0.2, 0.25) is 0 Å². The summed E-state index contributed by atoms with van der Waals surface area (Å²) in [5, 5.41) is 3.70. The van der Waals surface area contributed by atoms with E-state index in [4.69, 9.17) is 0 Å². The highest BCUT2D eigenvalue weighted by Gasteiger charge is 2.27. The molecule has 30 heavy (non-hydrogen) atoms. The second kappa shape index (κ2) is 10.4. The number of aromatic nitrogens is 1. The Morgan fingerprint density at radius 3 is 2.20 bits per heavy atom. The van der Waals surface area contributed by atoms with Crippen molar-refractivity contribution in [2.24, 2.45) is 5.92 Å². The maximum Gasteiger partial charge on any atom is 0.0438 e. The smallest absolute Gasteiger partial charge is 0.0438 e. The van der Waals surface area contributed by atoms with Gasteiger partial charge in [-0.05, 0) is 101 Å². The molecular weight excluding hydrogens is 370 g/mol. The first-order valence-corrected chi connectivity index (χ1v) is 11.5. The standard InChI is InChI=1S/C25H37N5/c1-28-15-11-25(12-16-28)30-17-9-22(10-18-30)20-27-19-21-3-5-23(6-4-21)29(2)24-7-13-26-14-8-24/h3-8,13-14,22,25,27H,9-12,15-20H2,1-2H3. The molecule has 0 radical (unpaired) electrons. The molecule has 2 aliphatic rings. The number of benzene rings is 1. The lowest BCUT2D eigenvalue weighted by Gasteiger charge is -2.41. The Labute approximate surface area is 182 Å². The van der Waals surface area contributed by atoms with Crippen molar-refractivity contribution in [3.05, 3.63) is 54.4 Å². The van der Waals surface area contributed by atoms with Crippen LogP contribution in [0.1, 0.15) is 31.2 Å². The van der Waals surface area contributed by atoms with Crippen molar-refractivity contribution in [3.8, 4) is 0 Å². The predicted octanol–water partition coefficient (Wildman–Crippen LogP) is 3.75. The molecule has 162 valence electrons. The van der Waals surface area contributed by atoms with Gasteiger partial charge in [0.25, 0.3) is 0 Å². The minimum atomic E-state index is 0.824. The average Bonchev–Trinajstić information content (AvgIpc) is 2.81. The van der Waals surface area contributed by atoms with Gasteiger partial charge in [0.1, 0.15) is 0 Å². The van der Waals surface area contributed by atoms with Crippen molar-refractivity contribution in [3.63, 3.8) is 0 Å². The molecule has 0 spiro atoms. The zero-order valence-corrected chi connectivity index (χ0v) is 18.6. The molecule has 0 atom stereocenters. The van der Waals surface area contributed by atoms with Crippen molar-refractivity contribution < 1.29 is 0 Å². The monoisotopic (exact) mass is 407 g/mol. The third-order valence-corrected chi connectivity index (χ3v) is 6.99. The van der Waals surface area contributed by atoms with Gasteiger partial charge in [-0.15, -0.1) is 0 Å². The summed E-state index contributed by atoms with van der Waals surface area (Å²) in [6.07, 6.45) is 9.06. The van der Waals surface area contributed by atoms with Crippen LogP contribution in [0.25, 0.3) is 0 Å². The number of piperidine rings is 2. The van der Waals surface area contributed by atoms with Gasteiger partial charge < -0.3 is 20.0 Å². The number of hydrogen-bond donors (Lipinski definition) is 1. The molecule has 2 aliphatic heterocycles. The van der Waals surface area contributed by atoms with Crippen molar-refractivity contribution >= 4 is 11.4 Å². The number of nitrogens with zero attached hydrogens (tertiary/aromatic N) is 4. The van der Waals surface area contributed by atoms with Crippen molar-refractivity contribution in [2.45, 2.75) is 38.3 Å². The van der Waals surface area contributed by atoms with E-state index in [1.54, 1.807) is 0 Å². The SMILES string of the molecule is CN1CCC(N2CCC(CNCc3ccc(N(C)c4ccncc4)cc3)CC2)CC1. The number of anilines is 2. The van der Waals surface area contributed by atoms with E-state index in [1.165, 1.54) is 63.1 Å². The Morgan fingerprint density at radius 1 is 0.900 bits per heavy atom. The van der Waals surface area contributed by atoms with E-state index in [0.717, 1.165) is 30.7 Å². The molecule has 4 rings (SSSR count). The molecule has 1 N–H and O–H groups in total. The van der Waals surface area contributed by atoms with Gasteiger partial charge in [0.2, 0.25) is 0 Å². The van der Waals surface area contributed by atoms with Gasteiger partial charge in [-0.25, -0.2) is 0 Å². The number of likely N-dealkylation sites (tertiary alicyclic amines) is 2. The summed E-state index contributed by atoms with van der Waals surface area (Å²) in [5.41, 5.74) is 3.71. The summed E-state index contributed by atoms with van der Waals surface area (Å²) >= 11 is 0. The summed E-state index contributed by atoms with van der Waals surface area (Å²) < 4.78 is 0. The normalized spacial score (nSPS) is 19.8. The fraction of sp³-hybridized carbons (Fsp3) is 0.560. The molecule has 5 nitrogen and oxygen atoms in total. The summed E-state index contributed by atoms with van der Waals surface area (Å²) in [6.45, 7) is 7.20. The first-order chi connectivity index (χ1) is 14.7. The van der Waals surface area contributed by atoms with Gasteiger partial charge in [-0.1, -0.05) is 12.1 Å². The zero-order chi connectivity index (χ0) is 20.8. The van der Waals surface area contributed by atoms with Crippen LogP contribution in [0.4, 0.5) is 11.4 Å². The Balaban J connectivity index is 1.17. The zero-order valence-electron chi connectivity index (χ0n) is 18.6. The molecule has 2 fully saturated rings. The van der Waals surface area contributed by atoms with Crippen LogP contribution < -0.4 is 10.2 Å². The van der Waals surface area contributed by atoms with Gasteiger partial charge in [0.05, 0.1) is 0 Å². The number of hydrogen-bond acceptors (Lipinski definition) is 5. The molecule has 5 heteroatoms. The second-order valence-corrected chi connectivity index (χ2v) is 9.08.